The molecular formula is C23H24F2N2O. The van der Waals surface area contributed by atoms with Gasteiger partial charge in [0.15, 0.2) is 0 Å². The topological polar surface area (TPSA) is 37.0 Å². The molecule has 0 radical (unpaired) electrons. The van der Waals surface area contributed by atoms with Gasteiger partial charge in [0.25, 0.3) is 0 Å². The Morgan fingerprint density at radius 1 is 1.14 bits per heavy atom. The predicted octanol–water partition coefficient (Wildman–Crippen LogP) is 4.71. The third kappa shape index (κ3) is 2.46. The summed E-state index contributed by atoms with van der Waals surface area (Å²) in [7, 11) is 1.90. The Hall–Kier alpha value is -2.24. The molecule has 1 aliphatic carbocycles. The minimum atomic E-state index is -1.18. The van der Waals surface area contributed by atoms with Crippen LogP contribution in [0.25, 0.3) is 10.9 Å². The van der Waals surface area contributed by atoms with Gasteiger partial charge in [0.05, 0.1) is 12.3 Å². The van der Waals surface area contributed by atoms with Crippen molar-refractivity contribution in [3.05, 3.63) is 71.2 Å². The van der Waals surface area contributed by atoms with Crippen molar-refractivity contribution < 1.29 is 13.5 Å². The SMILES string of the molecule is CNC1(c2ccccc2)CCC2(OCCc3c2[nH]c2ccc(F)cc32)C(F)C1. The number of aromatic amines is 1. The zero-order chi connectivity index (χ0) is 19.4. The molecule has 1 aliphatic heterocycles. The van der Waals surface area contributed by atoms with E-state index in [0.29, 0.717) is 25.9 Å². The average Bonchev–Trinajstić information content (AvgIpc) is 3.10. The van der Waals surface area contributed by atoms with Crippen molar-refractivity contribution in [2.45, 2.75) is 43.0 Å². The van der Waals surface area contributed by atoms with Crippen molar-refractivity contribution in [2.75, 3.05) is 13.7 Å². The van der Waals surface area contributed by atoms with Gasteiger partial charge in [-0.25, -0.2) is 8.78 Å². The Morgan fingerprint density at radius 2 is 1.96 bits per heavy atom. The van der Waals surface area contributed by atoms with E-state index in [9.17, 15) is 4.39 Å². The first-order valence-corrected chi connectivity index (χ1v) is 9.91. The number of rotatable bonds is 2. The Morgan fingerprint density at radius 3 is 2.71 bits per heavy atom. The molecule has 0 bridgehead atoms. The number of fused-ring (bicyclic) bond motifs is 4. The second-order valence-electron chi connectivity index (χ2n) is 8.03. The van der Waals surface area contributed by atoms with Crippen LogP contribution in [-0.2, 0) is 22.3 Å². The molecule has 2 N–H and O–H groups in total. The van der Waals surface area contributed by atoms with E-state index in [2.05, 4.69) is 22.4 Å². The molecule has 0 amide bonds. The number of H-pyrrole nitrogens is 1. The Kier molecular flexibility index (Phi) is 4.07. The molecule has 3 aromatic rings. The van der Waals surface area contributed by atoms with Crippen LogP contribution in [0.1, 0.15) is 36.1 Å². The fourth-order valence-corrected chi connectivity index (χ4v) is 5.21. The van der Waals surface area contributed by atoms with Crippen molar-refractivity contribution in [2.24, 2.45) is 0 Å². The Balaban J connectivity index is 1.58. The van der Waals surface area contributed by atoms with Crippen molar-refractivity contribution in [3.63, 3.8) is 0 Å². The highest BCUT2D eigenvalue weighted by Crippen LogP contribution is 2.52. The lowest BCUT2D eigenvalue weighted by molar-refractivity contribution is -0.148. The molecule has 1 spiro atoms. The van der Waals surface area contributed by atoms with E-state index in [1.54, 1.807) is 12.1 Å². The molecule has 1 fully saturated rings. The van der Waals surface area contributed by atoms with Crippen molar-refractivity contribution in [3.8, 4) is 0 Å². The molecule has 3 nitrogen and oxygen atoms in total. The van der Waals surface area contributed by atoms with Crippen LogP contribution in [0, 0.1) is 5.82 Å². The normalized spacial score (nSPS) is 29.9. The largest absolute Gasteiger partial charge is 0.365 e. The molecule has 28 heavy (non-hydrogen) atoms. The van der Waals surface area contributed by atoms with Gasteiger partial charge in [-0.05, 0) is 55.6 Å². The minimum absolute atomic E-state index is 0.270. The number of ether oxygens (including phenoxy) is 1. The number of nitrogens with one attached hydrogen (secondary N) is 2. The molecular weight excluding hydrogens is 358 g/mol. The highest BCUT2D eigenvalue weighted by Gasteiger charge is 2.54. The molecule has 5 rings (SSSR count). The van der Waals surface area contributed by atoms with Crippen LogP contribution in [0.15, 0.2) is 48.5 Å². The highest BCUT2D eigenvalue weighted by molar-refractivity contribution is 5.85. The average molecular weight is 382 g/mol. The quantitative estimate of drug-likeness (QED) is 0.673. The molecule has 2 aliphatic rings. The van der Waals surface area contributed by atoms with E-state index in [1.807, 2.05) is 25.2 Å². The smallest absolute Gasteiger partial charge is 0.139 e. The number of aromatic nitrogens is 1. The van der Waals surface area contributed by atoms with Gasteiger partial charge < -0.3 is 15.0 Å². The van der Waals surface area contributed by atoms with E-state index >= 15 is 4.39 Å². The summed E-state index contributed by atoms with van der Waals surface area (Å²) in [5.74, 6) is -0.270. The van der Waals surface area contributed by atoms with E-state index in [0.717, 1.165) is 34.1 Å². The summed E-state index contributed by atoms with van der Waals surface area (Å²) < 4.78 is 35.9. The predicted molar refractivity (Wildman–Crippen MR) is 106 cm³/mol. The van der Waals surface area contributed by atoms with Gasteiger partial charge in [-0.1, -0.05) is 30.3 Å². The molecule has 0 saturated heterocycles. The maximum absolute atomic E-state index is 15.9. The molecule has 2 heterocycles. The summed E-state index contributed by atoms with van der Waals surface area (Å²) in [6.45, 7) is 0.453. The van der Waals surface area contributed by atoms with E-state index in [-0.39, 0.29) is 5.82 Å². The van der Waals surface area contributed by atoms with Crippen LogP contribution in [0.3, 0.4) is 0 Å². The second kappa shape index (κ2) is 6.39. The molecule has 3 unspecified atom stereocenters. The van der Waals surface area contributed by atoms with Gasteiger partial charge in [-0.2, -0.15) is 0 Å². The van der Waals surface area contributed by atoms with Crippen LogP contribution in [0.5, 0.6) is 0 Å². The zero-order valence-corrected chi connectivity index (χ0v) is 15.9. The lowest BCUT2D eigenvalue weighted by Crippen LogP contribution is -2.55. The van der Waals surface area contributed by atoms with E-state index < -0.39 is 17.3 Å². The zero-order valence-electron chi connectivity index (χ0n) is 15.9. The Labute approximate surface area is 163 Å². The Bertz CT molecular complexity index is 1020. The summed E-state index contributed by atoms with van der Waals surface area (Å²) in [5, 5.41) is 4.23. The first kappa shape index (κ1) is 17.8. The third-order valence-corrected chi connectivity index (χ3v) is 6.76. The standard InChI is InChI=1S/C23H24F2N2O/c1-26-22(15-5-3-2-4-6-15)10-11-23(20(25)14-22)21-17(9-12-28-23)18-13-16(24)7-8-19(18)27-21/h2-8,13,20,26-27H,9-12,14H2,1H3. The monoisotopic (exact) mass is 382 g/mol. The fraction of sp³-hybridized carbons (Fsp3) is 0.391. The number of benzene rings is 2. The summed E-state index contributed by atoms with van der Waals surface area (Å²) in [4.78, 5) is 3.37. The van der Waals surface area contributed by atoms with Crippen LogP contribution in [-0.4, -0.2) is 24.8 Å². The molecule has 146 valence electrons. The van der Waals surface area contributed by atoms with Crippen LogP contribution >= 0.6 is 0 Å². The number of hydrogen-bond acceptors (Lipinski definition) is 2. The van der Waals surface area contributed by atoms with E-state index in [1.165, 1.54) is 6.07 Å². The first-order chi connectivity index (χ1) is 13.6. The highest BCUT2D eigenvalue weighted by atomic mass is 19.1. The summed E-state index contributed by atoms with van der Waals surface area (Å²) in [6.07, 6.45) is 1.15. The third-order valence-electron chi connectivity index (χ3n) is 6.76. The van der Waals surface area contributed by atoms with Gasteiger partial charge in [0.1, 0.15) is 17.6 Å². The minimum Gasteiger partial charge on any atom is -0.365 e. The number of halogens is 2. The number of hydrogen-bond donors (Lipinski definition) is 2. The van der Waals surface area contributed by atoms with Gasteiger partial charge in [-0.15, -0.1) is 0 Å². The fourth-order valence-electron chi connectivity index (χ4n) is 5.21. The lowest BCUT2D eigenvalue weighted by Gasteiger charge is -2.49. The second-order valence-corrected chi connectivity index (χ2v) is 8.03. The maximum Gasteiger partial charge on any atom is 0.139 e. The van der Waals surface area contributed by atoms with Crippen LogP contribution in [0.2, 0.25) is 0 Å². The summed E-state index contributed by atoms with van der Waals surface area (Å²) in [6, 6.07) is 14.8. The first-order valence-electron chi connectivity index (χ1n) is 9.91. The summed E-state index contributed by atoms with van der Waals surface area (Å²) >= 11 is 0. The van der Waals surface area contributed by atoms with Gasteiger partial charge >= 0.3 is 0 Å². The number of alkyl halides is 1. The van der Waals surface area contributed by atoms with Crippen LogP contribution in [0.4, 0.5) is 8.78 Å². The molecule has 2 aromatic carbocycles. The van der Waals surface area contributed by atoms with Crippen molar-refractivity contribution in [1.29, 1.82) is 0 Å². The van der Waals surface area contributed by atoms with E-state index in [4.69, 9.17) is 4.74 Å². The van der Waals surface area contributed by atoms with Crippen molar-refractivity contribution >= 4 is 10.9 Å². The molecule has 1 aromatic heterocycles. The van der Waals surface area contributed by atoms with Gasteiger partial charge in [0.2, 0.25) is 0 Å². The maximum atomic E-state index is 15.9. The van der Waals surface area contributed by atoms with Crippen molar-refractivity contribution in [1.82, 2.24) is 10.3 Å². The van der Waals surface area contributed by atoms with Crippen LogP contribution < -0.4 is 5.32 Å². The molecule has 1 saturated carbocycles. The lowest BCUT2D eigenvalue weighted by atomic mass is 9.67. The molecule has 3 atom stereocenters. The molecule has 5 heteroatoms. The van der Waals surface area contributed by atoms with Gasteiger partial charge in [0, 0.05) is 22.9 Å². The summed E-state index contributed by atoms with van der Waals surface area (Å²) in [5.41, 5.74) is 2.34. The van der Waals surface area contributed by atoms with Gasteiger partial charge in [-0.3, -0.25) is 0 Å².